The molecule has 1 atom stereocenters. The van der Waals surface area contributed by atoms with E-state index in [1.165, 1.54) is 13.0 Å². The third-order valence-corrected chi connectivity index (χ3v) is 5.13. The van der Waals surface area contributed by atoms with Gasteiger partial charge in [-0.05, 0) is 49.1 Å². The smallest absolute Gasteiger partial charge is 0.331 e. The molecule has 1 fully saturated rings. The highest BCUT2D eigenvalue weighted by atomic mass is 16.5. The lowest BCUT2D eigenvalue weighted by Crippen LogP contribution is -2.47. The van der Waals surface area contributed by atoms with Crippen LogP contribution in [0.15, 0.2) is 60.7 Å². The monoisotopic (exact) mass is 436 g/mol. The van der Waals surface area contributed by atoms with Crippen molar-refractivity contribution in [1.29, 1.82) is 0 Å². The Hall–Kier alpha value is -3.61. The summed E-state index contributed by atoms with van der Waals surface area (Å²) in [6, 6.07) is 16.6. The Morgan fingerprint density at radius 1 is 1.03 bits per heavy atom. The van der Waals surface area contributed by atoms with Crippen molar-refractivity contribution in [3.8, 4) is 5.75 Å². The third kappa shape index (κ3) is 7.58. The number of esters is 1. The molecule has 7 nitrogen and oxygen atoms in total. The van der Waals surface area contributed by atoms with Gasteiger partial charge >= 0.3 is 12.0 Å². The van der Waals surface area contributed by atoms with E-state index in [4.69, 9.17) is 9.47 Å². The van der Waals surface area contributed by atoms with Gasteiger partial charge in [-0.3, -0.25) is 10.1 Å². The quantitative estimate of drug-likeness (QED) is 0.482. The van der Waals surface area contributed by atoms with Gasteiger partial charge in [-0.1, -0.05) is 55.3 Å². The summed E-state index contributed by atoms with van der Waals surface area (Å²) in [5.74, 6) is -0.620. The number of hydrogen-bond donors (Lipinski definition) is 2. The van der Waals surface area contributed by atoms with Crippen molar-refractivity contribution in [2.24, 2.45) is 0 Å². The molecule has 2 N–H and O–H groups in total. The van der Waals surface area contributed by atoms with E-state index in [2.05, 4.69) is 10.6 Å². The van der Waals surface area contributed by atoms with Crippen LogP contribution in [-0.4, -0.2) is 30.1 Å². The Bertz CT molecular complexity index is 935. The first kappa shape index (κ1) is 23.1. The standard InChI is InChI=1S/C25H28N2O5/c1-18(24(29)27-25(30)26-21-9-5-6-10-21)32-23(28)16-13-19-11-14-22(15-12-19)31-17-20-7-3-2-4-8-20/h2-4,7-8,11-16,18,21H,5-6,9-10,17H2,1H3,(H2,26,27,29,30)/b16-13+. The number of ether oxygens (including phenoxy) is 2. The minimum absolute atomic E-state index is 0.0960. The van der Waals surface area contributed by atoms with Crippen LogP contribution in [0.3, 0.4) is 0 Å². The zero-order chi connectivity index (χ0) is 22.8. The van der Waals surface area contributed by atoms with Crippen LogP contribution < -0.4 is 15.4 Å². The van der Waals surface area contributed by atoms with Crippen LogP contribution in [0.4, 0.5) is 4.79 Å². The molecule has 32 heavy (non-hydrogen) atoms. The molecule has 0 radical (unpaired) electrons. The number of benzene rings is 2. The van der Waals surface area contributed by atoms with E-state index < -0.39 is 24.0 Å². The van der Waals surface area contributed by atoms with Gasteiger partial charge in [0.2, 0.25) is 0 Å². The molecule has 2 aromatic carbocycles. The predicted octanol–water partition coefficient (Wildman–Crippen LogP) is 3.98. The van der Waals surface area contributed by atoms with Gasteiger partial charge < -0.3 is 14.8 Å². The fourth-order valence-corrected chi connectivity index (χ4v) is 3.35. The van der Waals surface area contributed by atoms with Gasteiger partial charge in [0.25, 0.3) is 5.91 Å². The average Bonchev–Trinajstić information content (AvgIpc) is 3.30. The number of imide groups is 1. The number of nitrogens with one attached hydrogen (secondary N) is 2. The highest BCUT2D eigenvalue weighted by Gasteiger charge is 2.22. The van der Waals surface area contributed by atoms with Crippen LogP contribution in [0.25, 0.3) is 6.08 Å². The van der Waals surface area contributed by atoms with Gasteiger partial charge in [0.15, 0.2) is 6.10 Å². The predicted molar refractivity (Wildman–Crippen MR) is 121 cm³/mol. The van der Waals surface area contributed by atoms with Gasteiger partial charge in [0.05, 0.1) is 0 Å². The van der Waals surface area contributed by atoms with Crippen molar-refractivity contribution in [1.82, 2.24) is 10.6 Å². The van der Waals surface area contributed by atoms with Crippen molar-refractivity contribution in [2.75, 3.05) is 0 Å². The largest absolute Gasteiger partial charge is 0.489 e. The molecular formula is C25H28N2O5. The molecule has 3 amide bonds. The van der Waals surface area contributed by atoms with E-state index in [1.54, 1.807) is 6.08 Å². The summed E-state index contributed by atoms with van der Waals surface area (Å²) in [7, 11) is 0. The van der Waals surface area contributed by atoms with Crippen molar-refractivity contribution < 1.29 is 23.9 Å². The Labute approximate surface area is 187 Å². The summed E-state index contributed by atoms with van der Waals surface area (Å²) >= 11 is 0. The number of urea groups is 1. The highest BCUT2D eigenvalue weighted by Crippen LogP contribution is 2.17. The van der Waals surface area contributed by atoms with E-state index in [9.17, 15) is 14.4 Å². The highest BCUT2D eigenvalue weighted by molar-refractivity contribution is 5.98. The lowest BCUT2D eigenvalue weighted by Gasteiger charge is -2.15. The zero-order valence-corrected chi connectivity index (χ0v) is 18.1. The topological polar surface area (TPSA) is 93.7 Å². The van der Waals surface area contributed by atoms with Gasteiger partial charge in [-0.2, -0.15) is 0 Å². The normalized spacial score (nSPS) is 14.7. The van der Waals surface area contributed by atoms with Crippen molar-refractivity contribution in [3.63, 3.8) is 0 Å². The lowest BCUT2D eigenvalue weighted by molar-refractivity contribution is -0.149. The summed E-state index contributed by atoms with van der Waals surface area (Å²) in [5, 5.41) is 4.96. The Balaban J connectivity index is 1.40. The molecular weight excluding hydrogens is 408 g/mol. The van der Waals surface area contributed by atoms with Crippen LogP contribution >= 0.6 is 0 Å². The molecule has 1 aliphatic carbocycles. The second kappa shape index (κ2) is 11.7. The fourth-order valence-electron chi connectivity index (χ4n) is 3.35. The lowest BCUT2D eigenvalue weighted by atomic mass is 10.2. The van der Waals surface area contributed by atoms with E-state index in [0.717, 1.165) is 42.6 Å². The maximum Gasteiger partial charge on any atom is 0.331 e. The van der Waals surface area contributed by atoms with E-state index in [1.807, 2.05) is 54.6 Å². The second-order valence-electron chi connectivity index (χ2n) is 7.70. The molecule has 0 aliphatic heterocycles. The van der Waals surface area contributed by atoms with Crippen molar-refractivity contribution >= 4 is 24.0 Å². The molecule has 0 bridgehead atoms. The summed E-state index contributed by atoms with van der Waals surface area (Å²) in [6.07, 6.45) is 5.71. The first-order chi connectivity index (χ1) is 15.5. The molecule has 1 unspecified atom stereocenters. The SMILES string of the molecule is CC(OC(=O)/C=C/c1ccc(OCc2ccccc2)cc1)C(=O)NC(=O)NC1CCCC1. The molecule has 0 aromatic heterocycles. The summed E-state index contributed by atoms with van der Waals surface area (Å²) in [6.45, 7) is 1.89. The first-order valence-electron chi connectivity index (χ1n) is 10.8. The maximum absolute atomic E-state index is 12.1. The van der Waals surface area contributed by atoms with E-state index in [0.29, 0.717) is 6.61 Å². The van der Waals surface area contributed by atoms with Crippen molar-refractivity contribution in [2.45, 2.75) is 51.4 Å². The average molecular weight is 437 g/mol. The van der Waals surface area contributed by atoms with Crippen LogP contribution in [0.5, 0.6) is 5.75 Å². The summed E-state index contributed by atoms with van der Waals surface area (Å²) in [4.78, 5) is 35.9. The molecule has 1 aliphatic rings. The van der Waals surface area contributed by atoms with Gasteiger partial charge in [0, 0.05) is 12.1 Å². The molecule has 0 spiro atoms. The number of carbonyl (C=O) groups is 3. The fraction of sp³-hybridized carbons (Fsp3) is 0.320. The van der Waals surface area contributed by atoms with E-state index in [-0.39, 0.29) is 6.04 Å². The number of amides is 3. The van der Waals surface area contributed by atoms with Crippen LogP contribution in [0.2, 0.25) is 0 Å². The minimum atomic E-state index is -1.09. The van der Waals surface area contributed by atoms with Crippen LogP contribution in [0, 0.1) is 0 Å². The minimum Gasteiger partial charge on any atom is -0.489 e. The molecule has 2 aromatic rings. The molecule has 0 heterocycles. The number of rotatable bonds is 8. The Morgan fingerprint density at radius 3 is 2.41 bits per heavy atom. The molecule has 0 saturated heterocycles. The van der Waals surface area contributed by atoms with E-state index >= 15 is 0 Å². The molecule has 1 saturated carbocycles. The molecule has 3 rings (SSSR count). The maximum atomic E-state index is 12.1. The Kier molecular flexibility index (Phi) is 8.43. The first-order valence-corrected chi connectivity index (χ1v) is 10.8. The van der Waals surface area contributed by atoms with Crippen molar-refractivity contribution in [3.05, 3.63) is 71.8 Å². The summed E-state index contributed by atoms with van der Waals surface area (Å²) < 4.78 is 10.8. The number of carbonyl (C=O) groups excluding carboxylic acids is 3. The third-order valence-electron chi connectivity index (χ3n) is 5.13. The van der Waals surface area contributed by atoms with Gasteiger partial charge in [-0.25, -0.2) is 9.59 Å². The van der Waals surface area contributed by atoms with Crippen LogP contribution in [0.1, 0.15) is 43.7 Å². The van der Waals surface area contributed by atoms with Gasteiger partial charge in [0.1, 0.15) is 12.4 Å². The molecule has 7 heteroatoms. The number of hydrogen-bond acceptors (Lipinski definition) is 5. The molecule has 168 valence electrons. The van der Waals surface area contributed by atoms with Gasteiger partial charge in [-0.15, -0.1) is 0 Å². The second-order valence-corrected chi connectivity index (χ2v) is 7.70. The van der Waals surface area contributed by atoms with Crippen LogP contribution in [-0.2, 0) is 20.9 Å². The zero-order valence-electron chi connectivity index (χ0n) is 18.1. The summed E-state index contributed by atoms with van der Waals surface area (Å²) in [5.41, 5.74) is 1.86. The Morgan fingerprint density at radius 2 is 1.72 bits per heavy atom.